The lowest BCUT2D eigenvalue weighted by Crippen LogP contribution is -2.48. The molecule has 0 bridgehead atoms. The Labute approximate surface area is 201 Å². The summed E-state index contributed by atoms with van der Waals surface area (Å²) in [5.74, 6) is 0.793. The third-order valence-electron chi connectivity index (χ3n) is 7.04. The predicted octanol–water partition coefficient (Wildman–Crippen LogP) is 4.03. The zero-order valence-electron chi connectivity index (χ0n) is 18.9. The van der Waals surface area contributed by atoms with Gasteiger partial charge in [-0.1, -0.05) is 28.9 Å². The number of carbonyl (C=O) groups is 2. The third kappa shape index (κ3) is 4.25. The van der Waals surface area contributed by atoms with E-state index < -0.39 is 6.04 Å². The summed E-state index contributed by atoms with van der Waals surface area (Å²) in [7, 11) is 0. The molecule has 1 unspecified atom stereocenters. The molecule has 2 heterocycles. The number of amides is 2. The maximum absolute atomic E-state index is 13.3. The molecule has 2 fully saturated rings. The van der Waals surface area contributed by atoms with Gasteiger partial charge in [0.25, 0.3) is 5.91 Å². The van der Waals surface area contributed by atoms with Crippen LogP contribution in [0.4, 0.5) is 5.69 Å². The minimum atomic E-state index is -0.653. The molecule has 0 saturated heterocycles. The Bertz CT molecular complexity index is 1250. The first kappa shape index (κ1) is 22.4. The van der Waals surface area contributed by atoms with Crippen LogP contribution in [0.3, 0.4) is 0 Å². The van der Waals surface area contributed by atoms with Gasteiger partial charge in [-0.15, -0.1) is 0 Å². The molecule has 9 heteroatoms. The van der Waals surface area contributed by atoms with E-state index in [9.17, 15) is 14.8 Å². The first-order chi connectivity index (χ1) is 16.3. The Morgan fingerprint density at radius 3 is 2.50 bits per heavy atom. The molecule has 34 heavy (non-hydrogen) atoms. The minimum Gasteiger partial charge on any atom is -0.618 e. The summed E-state index contributed by atoms with van der Waals surface area (Å²) in [5, 5.41) is 22.1. The number of carbonyl (C=O) groups excluding carboxylic acids is 2. The summed E-state index contributed by atoms with van der Waals surface area (Å²) in [6.45, 7) is 3.40. The van der Waals surface area contributed by atoms with E-state index in [1.165, 1.54) is 18.9 Å². The van der Waals surface area contributed by atoms with Gasteiger partial charge in [0.15, 0.2) is 11.9 Å². The van der Waals surface area contributed by atoms with Crippen molar-refractivity contribution in [3.8, 4) is 11.1 Å². The number of hydrogen-bond acceptors (Lipinski definition) is 5. The highest BCUT2D eigenvalue weighted by Gasteiger charge is 2.49. The fourth-order valence-electron chi connectivity index (χ4n) is 5.06. The van der Waals surface area contributed by atoms with E-state index in [4.69, 9.17) is 16.1 Å². The lowest BCUT2D eigenvalue weighted by Gasteiger charge is -2.25. The number of anilines is 1. The van der Waals surface area contributed by atoms with Gasteiger partial charge in [-0.2, -0.15) is 4.73 Å². The number of nitrogens with one attached hydrogen (secondary N) is 2. The average Bonchev–Trinajstić information content (AvgIpc) is 3.19. The van der Waals surface area contributed by atoms with Gasteiger partial charge in [0.2, 0.25) is 5.91 Å². The molecule has 2 aromatic heterocycles. The fraction of sp³-hybridized carbons (Fsp3) is 0.360. The molecule has 4 atom stereocenters. The van der Waals surface area contributed by atoms with Crippen molar-refractivity contribution in [2.24, 2.45) is 17.8 Å². The van der Waals surface area contributed by atoms with Crippen molar-refractivity contribution in [3.63, 3.8) is 0 Å². The molecule has 2 aliphatic rings. The van der Waals surface area contributed by atoms with Gasteiger partial charge in [0, 0.05) is 18.7 Å². The molecular weight excluding hydrogens is 456 g/mol. The first-order valence-electron chi connectivity index (χ1n) is 11.3. The molecule has 0 spiro atoms. The Balaban J connectivity index is 1.33. The highest BCUT2D eigenvalue weighted by Crippen LogP contribution is 2.55. The van der Waals surface area contributed by atoms with Crippen LogP contribution in [0, 0.1) is 36.8 Å². The van der Waals surface area contributed by atoms with E-state index in [-0.39, 0.29) is 17.7 Å². The second kappa shape index (κ2) is 8.76. The molecule has 176 valence electrons. The molecule has 2 aliphatic carbocycles. The third-order valence-corrected chi connectivity index (χ3v) is 7.36. The lowest BCUT2D eigenvalue weighted by atomic mass is 9.93. The standard InChI is InChI=1S/C25H25ClN4O4/c1-13-20(12-34-29-13)24(31)28-23(18-10-16-9-17(16)11-18)25(32)27-19-5-3-15(4-6-19)22-14(2)30(33)8-7-21(22)26/h3-8,12,16-18,23H,9-11H2,1-2H3,(H,27,32)(H,28,31)/t16-,17+,18?,23-/m0/s1. The predicted molar refractivity (Wildman–Crippen MR) is 126 cm³/mol. The van der Waals surface area contributed by atoms with Crippen LogP contribution in [0.5, 0.6) is 0 Å². The van der Waals surface area contributed by atoms with Gasteiger partial charge < -0.3 is 20.4 Å². The van der Waals surface area contributed by atoms with Gasteiger partial charge in [-0.3, -0.25) is 9.59 Å². The monoisotopic (exact) mass is 480 g/mol. The molecule has 8 nitrogen and oxygen atoms in total. The Hall–Kier alpha value is -3.39. The Morgan fingerprint density at radius 2 is 1.85 bits per heavy atom. The highest BCUT2D eigenvalue weighted by molar-refractivity contribution is 6.33. The number of rotatable bonds is 6. The summed E-state index contributed by atoms with van der Waals surface area (Å²) < 4.78 is 5.66. The van der Waals surface area contributed by atoms with E-state index >= 15 is 0 Å². The van der Waals surface area contributed by atoms with Crippen LogP contribution in [-0.2, 0) is 4.79 Å². The number of benzene rings is 1. The van der Waals surface area contributed by atoms with Gasteiger partial charge in [-0.25, -0.2) is 0 Å². The maximum Gasteiger partial charge on any atom is 0.257 e. The van der Waals surface area contributed by atoms with Gasteiger partial charge in [0.05, 0.1) is 16.3 Å². The molecule has 5 rings (SSSR count). The van der Waals surface area contributed by atoms with E-state index in [1.807, 2.05) is 12.1 Å². The van der Waals surface area contributed by atoms with Crippen LogP contribution in [0.25, 0.3) is 11.1 Å². The van der Waals surface area contributed by atoms with Crippen molar-refractivity contribution in [1.82, 2.24) is 10.5 Å². The second-order valence-corrected chi connectivity index (χ2v) is 9.68. The number of pyridine rings is 1. The molecule has 2 amide bonds. The summed E-state index contributed by atoms with van der Waals surface area (Å²) in [6, 6.07) is 8.05. The lowest BCUT2D eigenvalue weighted by molar-refractivity contribution is -0.611. The number of aryl methyl sites for hydroxylation is 1. The van der Waals surface area contributed by atoms with Gasteiger partial charge in [-0.05, 0) is 61.6 Å². The summed E-state index contributed by atoms with van der Waals surface area (Å²) in [4.78, 5) is 26.1. The topological polar surface area (TPSA) is 111 Å². The van der Waals surface area contributed by atoms with Crippen LogP contribution >= 0.6 is 11.6 Å². The van der Waals surface area contributed by atoms with E-state index in [0.29, 0.717) is 45.1 Å². The van der Waals surface area contributed by atoms with Crippen molar-refractivity contribution in [2.75, 3.05) is 5.32 Å². The normalized spacial score (nSPS) is 21.6. The molecule has 2 N–H and O–H groups in total. The number of aromatic nitrogens is 2. The van der Waals surface area contributed by atoms with E-state index in [0.717, 1.165) is 23.1 Å². The van der Waals surface area contributed by atoms with Crippen LogP contribution in [-0.4, -0.2) is 23.0 Å². The van der Waals surface area contributed by atoms with Gasteiger partial charge >= 0.3 is 0 Å². The number of hydrogen-bond donors (Lipinski definition) is 2. The van der Waals surface area contributed by atoms with Crippen molar-refractivity contribution in [3.05, 3.63) is 70.0 Å². The van der Waals surface area contributed by atoms with Crippen LogP contribution < -0.4 is 15.4 Å². The summed E-state index contributed by atoms with van der Waals surface area (Å²) in [6.07, 6.45) is 5.76. The molecule has 1 aromatic carbocycles. The second-order valence-electron chi connectivity index (χ2n) is 9.27. The number of nitrogens with zero attached hydrogens (tertiary/aromatic N) is 2. The van der Waals surface area contributed by atoms with Crippen LogP contribution in [0.2, 0.25) is 5.02 Å². The highest BCUT2D eigenvalue weighted by atomic mass is 35.5. The van der Waals surface area contributed by atoms with Crippen LogP contribution in [0.1, 0.15) is 41.0 Å². The Morgan fingerprint density at radius 1 is 1.15 bits per heavy atom. The SMILES string of the molecule is Cc1nocc1C(=O)N[C@H](C(=O)Nc1ccc(-c2c(Cl)cc[n+]([O-])c2C)cc1)C1C[C@@H]2C[C@@H]2C1. The van der Waals surface area contributed by atoms with Crippen LogP contribution in [0.15, 0.2) is 47.3 Å². The molecule has 0 aliphatic heterocycles. The summed E-state index contributed by atoms with van der Waals surface area (Å²) in [5.41, 5.74) is 3.32. The molecule has 3 aromatic rings. The van der Waals surface area contributed by atoms with Gasteiger partial charge in [0.1, 0.15) is 17.9 Å². The minimum absolute atomic E-state index is 0.0883. The first-order valence-corrected chi connectivity index (χ1v) is 11.7. The Kier molecular flexibility index (Phi) is 5.77. The maximum atomic E-state index is 13.3. The number of fused-ring (bicyclic) bond motifs is 1. The smallest absolute Gasteiger partial charge is 0.257 e. The molecule has 0 radical (unpaired) electrons. The molecular formula is C25H25ClN4O4. The van der Waals surface area contributed by atoms with Crippen molar-refractivity contribution < 1.29 is 18.8 Å². The fourth-order valence-corrected chi connectivity index (χ4v) is 5.36. The molecule has 2 saturated carbocycles. The van der Waals surface area contributed by atoms with Crippen molar-refractivity contribution in [1.29, 1.82) is 0 Å². The zero-order valence-corrected chi connectivity index (χ0v) is 19.6. The quantitative estimate of drug-likeness (QED) is 0.408. The van der Waals surface area contributed by atoms with E-state index in [1.54, 1.807) is 32.0 Å². The summed E-state index contributed by atoms with van der Waals surface area (Å²) >= 11 is 6.32. The van der Waals surface area contributed by atoms with Crippen molar-refractivity contribution >= 4 is 29.1 Å². The zero-order chi connectivity index (χ0) is 24.0. The number of halogens is 1. The van der Waals surface area contributed by atoms with Crippen molar-refractivity contribution in [2.45, 2.75) is 39.2 Å². The average molecular weight is 481 g/mol. The largest absolute Gasteiger partial charge is 0.618 e. The van der Waals surface area contributed by atoms with E-state index in [2.05, 4.69) is 15.8 Å².